The van der Waals surface area contributed by atoms with Gasteiger partial charge in [0.15, 0.2) is 11.5 Å². The van der Waals surface area contributed by atoms with Crippen LogP contribution >= 0.6 is 11.6 Å². The second-order valence-electron chi connectivity index (χ2n) is 10.8. The molecule has 0 spiro atoms. The van der Waals surface area contributed by atoms with E-state index in [4.69, 9.17) is 25.8 Å². The fourth-order valence-electron chi connectivity index (χ4n) is 5.45. The van der Waals surface area contributed by atoms with Crippen molar-refractivity contribution in [2.24, 2.45) is 0 Å². The van der Waals surface area contributed by atoms with Crippen molar-refractivity contribution in [3.8, 4) is 17.2 Å². The summed E-state index contributed by atoms with van der Waals surface area (Å²) in [6.07, 6.45) is 4.20. The van der Waals surface area contributed by atoms with Crippen LogP contribution in [0, 0.1) is 0 Å². The molecule has 4 rings (SSSR count). The number of methoxy groups -OCH3 is 3. The van der Waals surface area contributed by atoms with E-state index in [1.165, 1.54) is 49.5 Å². The van der Waals surface area contributed by atoms with Crippen LogP contribution in [0.2, 0.25) is 5.02 Å². The molecule has 0 aliphatic heterocycles. The molecule has 1 saturated carbocycles. The van der Waals surface area contributed by atoms with Gasteiger partial charge in [-0.3, -0.25) is 13.9 Å². The molecule has 0 aromatic heterocycles. The lowest BCUT2D eigenvalue weighted by Gasteiger charge is -2.34. The molecule has 0 bridgehead atoms. The van der Waals surface area contributed by atoms with Crippen LogP contribution in [-0.2, 0) is 26.2 Å². The molecule has 1 fully saturated rings. The predicted octanol–water partition coefficient (Wildman–Crippen LogP) is 5.43. The Morgan fingerprint density at radius 1 is 0.911 bits per heavy atom. The van der Waals surface area contributed by atoms with Crippen LogP contribution in [0.5, 0.6) is 17.2 Å². The molecule has 0 radical (unpaired) electrons. The fourth-order valence-corrected chi connectivity index (χ4v) is 7.01. The quantitative estimate of drug-likeness (QED) is 0.246. The highest BCUT2D eigenvalue weighted by atomic mass is 35.5. The second kappa shape index (κ2) is 15.4. The number of hydrogen-bond acceptors (Lipinski definition) is 7. The average Bonchev–Trinajstić information content (AvgIpc) is 3.56. The third-order valence-electron chi connectivity index (χ3n) is 7.94. The van der Waals surface area contributed by atoms with Gasteiger partial charge >= 0.3 is 0 Å². The summed E-state index contributed by atoms with van der Waals surface area (Å²) >= 11 is 6.13. The van der Waals surface area contributed by atoms with Gasteiger partial charge in [-0.15, -0.1) is 0 Å². The molecule has 1 aliphatic carbocycles. The maximum atomic E-state index is 14.3. The standard InChI is InChI=1S/C33H40ClN3O7S/c1-5-29(33(39)35-25-8-6-7-9-25)36(21-23-10-16-27(42-2)17-11-23)32(38)22-37(26-14-12-24(34)13-15-26)45(40,41)28-18-19-30(43-3)31(20-28)44-4/h10-20,25,29H,5-9,21-22H2,1-4H3,(H,35,39)/t29-/m0/s1. The number of nitrogens with one attached hydrogen (secondary N) is 1. The number of halogens is 1. The Balaban J connectivity index is 1.73. The molecule has 0 unspecified atom stereocenters. The minimum absolute atomic E-state index is 0.0560. The molecule has 0 heterocycles. The van der Waals surface area contributed by atoms with E-state index in [9.17, 15) is 18.0 Å². The number of amides is 2. The van der Waals surface area contributed by atoms with Crippen molar-refractivity contribution in [3.63, 3.8) is 0 Å². The lowest BCUT2D eigenvalue weighted by Crippen LogP contribution is -2.53. The van der Waals surface area contributed by atoms with Crippen molar-refractivity contribution in [2.75, 3.05) is 32.2 Å². The Morgan fingerprint density at radius 2 is 1.56 bits per heavy atom. The normalized spacial score (nSPS) is 14.0. The van der Waals surface area contributed by atoms with E-state index < -0.39 is 28.5 Å². The van der Waals surface area contributed by atoms with Gasteiger partial charge in [0.1, 0.15) is 18.3 Å². The maximum absolute atomic E-state index is 14.3. The summed E-state index contributed by atoms with van der Waals surface area (Å²) in [5.41, 5.74) is 0.993. The van der Waals surface area contributed by atoms with E-state index in [2.05, 4.69) is 5.32 Å². The molecular formula is C33H40ClN3O7S. The van der Waals surface area contributed by atoms with E-state index in [0.29, 0.717) is 22.9 Å². The molecule has 0 saturated heterocycles. The number of anilines is 1. The van der Waals surface area contributed by atoms with Crippen LogP contribution in [0.4, 0.5) is 5.69 Å². The van der Waals surface area contributed by atoms with Gasteiger partial charge in [-0.05, 0) is 73.4 Å². The lowest BCUT2D eigenvalue weighted by atomic mass is 10.1. The molecule has 2 amide bonds. The zero-order valence-corrected chi connectivity index (χ0v) is 27.6. The van der Waals surface area contributed by atoms with Gasteiger partial charge in [0, 0.05) is 23.7 Å². The molecule has 1 aliphatic rings. The summed E-state index contributed by atoms with van der Waals surface area (Å²) in [6, 6.07) is 16.8. The molecule has 45 heavy (non-hydrogen) atoms. The van der Waals surface area contributed by atoms with Crippen LogP contribution in [0.25, 0.3) is 0 Å². The van der Waals surface area contributed by atoms with Crippen molar-refractivity contribution < 1.29 is 32.2 Å². The Hall–Kier alpha value is -3.96. The molecule has 10 nitrogen and oxygen atoms in total. The van der Waals surface area contributed by atoms with Gasteiger partial charge < -0.3 is 24.4 Å². The highest BCUT2D eigenvalue weighted by Gasteiger charge is 2.35. The molecule has 1 atom stereocenters. The largest absolute Gasteiger partial charge is 0.497 e. The van der Waals surface area contributed by atoms with E-state index >= 15 is 0 Å². The SMILES string of the molecule is CC[C@@H](C(=O)NC1CCCC1)N(Cc1ccc(OC)cc1)C(=O)CN(c1ccc(Cl)cc1)S(=O)(=O)c1ccc(OC)c(OC)c1. The number of benzene rings is 3. The van der Waals surface area contributed by atoms with Gasteiger partial charge in [-0.25, -0.2) is 8.42 Å². The summed E-state index contributed by atoms with van der Waals surface area (Å²) in [6.45, 7) is 1.36. The Bertz CT molecular complexity index is 1560. The van der Waals surface area contributed by atoms with Gasteiger partial charge in [-0.1, -0.05) is 43.5 Å². The Morgan fingerprint density at radius 3 is 2.13 bits per heavy atom. The Labute approximate surface area is 270 Å². The summed E-state index contributed by atoms with van der Waals surface area (Å²) < 4.78 is 45.4. The smallest absolute Gasteiger partial charge is 0.264 e. The molecule has 12 heteroatoms. The van der Waals surface area contributed by atoms with E-state index in [1.54, 1.807) is 31.4 Å². The first-order valence-electron chi connectivity index (χ1n) is 14.8. The van der Waals surface area contributed by atoms with Crippen LogP contribution in [0.15, 0.2) is 71.6 Å². The summed E-state index contributed by atoms with van der Waals surface area (Å²) in [4.78, 5) is 29.3. The minimum Gasteiger partial charge on any atom is -0.497 e. The first-order chi connectivity index (χ1) is 21.6. The van der Waals surface area contributed by atoms with E-state index in [0.717, 1.165) is 35.6 Å². The monoisotopic (exact) mass is 657 g/mol. The van der Waals surface area contributed by atoms with E-state index in [1.807, 2.05) is 19.1 Å². The van der Waals surface area contributed by atoms with Gasteiger partial charge in [0.25, 0.3) is 10.0 Å². The highest BCUT2D eigenvalue weighted by molar-refractivity contribution is 7.92. The molecule has 3 aromatic rings. The molecule has 242 valence electrons. The van der Waals surface area contributed by atoms with Gasteiger partial charge in [0.05, 0.1) is 31.9 Å². The number of sulfonamides is 1. The van der Waals surface area contributed by atoms with Crippen LogP contribution in [0.1, 0.15) is 44.6 Å². The first-order valence-corrected chi connectivity index (χ1v) is 16.7. The van der Waals surface area contributed by atoms with Crippen molar-refractivity contribution in [1.29, 1.82) is 0 Å². The molecular weight excluding hydrogens is 618 g/mol. The van der Waals surface area contributed by atoms with Crippen molar-refractivity contribution in [3.05, 3.63) is 77.3 Å². The van der Waals surface area contributed by atoms with Crippen LogP contribution in [-0.4, -0.2) is 65.1 Å². The summed E-state index contributed by atoms with van der Waals surface area (Å²) in [7, 11) is 0.112. The first kappa shape index (κ1) is 33.9. The number of carbonyl (C=O) groups excluding carboxylic acids is 2. The fraction of sp³-hybridized carbons (Fsp3) is 0.394. The number of hydrogen-bond donors (Lipinski definition) is 1. The van der Waals surface area contributed by atoms with Crippen LogP contribution in [0.3, 0.4) is 0 Å². The second-order valence-corrected chi connectivity index (χ2v) is 13.1. The zero-order chi connectivity index (χ0) is 32.6. The topological polar surface area (TPSA) is 114 Å². The number of nitrogens with zero attached hydrogens (tertiary/aromatic N) is 2. The Kier molecular flexibility index (Phi) is 11.6. The minimum atomic E-state index is -4.32. The van der Waals surface area contributed by atoms with Gasteiger partial charge in [-0.2, -0.15) is 0 Å². The average molecular weight is 658 g/mol. The summed E-state index contributed by atoms with van der Waals surface area (Å²) in [5.74, 6) is 0.426. The zero-order valence-electron chi connectivity index (χ0n) is 26.0. The van der Waals surface area contributed by atoms with Gasteiger partial charge in [0.2, 0.25) is 11.8 Å². The van der Waals surface area contributed by atoms with Crippen molar-refractivity contribution in [2.45, 2.75) is 62.6 Å². The van der Waals surface area contributed by atoms with Crippen molar-refractivity contribution >= 4 is 39.1 Å². The number of carbonyl (C=O) groups is 2. The summed E-state index contributed by atoms with van der Waals surface area (Å²) in [5, 5.41) is 3.52. The third-order valence-corrected chi connectivity index (χ3v) is 9.96. The number of rotatable bonds is 14. The predicted molar refractivity (Wildman–Crippen MR) is 174 cm³/mol. The van der Waals surface area contributed by atoms with E-state index in [-0.39, 0.29) is 34.8 Å². The number of ether oxygens (including phenoxy) is 3. The highest BCUT2D eigenvalue weighted by Crippen LogP contribution is 2.33. The molecule has 3 aromatic carbocycles. The maximum Gasteiger partial charge on any atom is 0.264 e. The third kappa shape index (κ3) is 8.20. The van der Waals surface area contributed by atoms with Crippen molar-refractivity contribution in [1.82, 2.24) is 10.2 Å². The lowest BCUT2D eigenvalue weighted by molar-refractivity contribution is -0.140. The molecule has 1 N–H and O–H groups in total. The van der Waals surface area contributed by atoms with Crippen LogP contribution < -0.4 is 23.8 Å².